The Balaban J connectivity index is 1.23. The topological polar surface area (TPSA) is 135 Å². The van der Waals surface area contributed by atoms with Crippen molar-refractivity contribution in [3.05, 3.63) is 78.8 Å². The molecule has 1 fully saturated rings. The third-order valence-corrected chi connectivity index (χ3v) is 7.68. The normalized spacial score (nSPS) is 15.4. The number of amides is 2. The third kappa shape index (κ3) is 5.34. The summed E-state index contributed by atoms with van der Waals surface area (Å²) in [4.78, 5) is 43.3. The van der Waals surface area contributed by atoms with E-state index >= 15 is 0 Å². The summed E-state index contributed by atoms with van der Waals surface area (Å²) >= 11 is 0. The first kappa shape index (κ1) is 27.2. The quantitative estimate of drug-likeness (QED) is 0.266. The van der Waals surface area contributed by atoms with Gasteiger partial charge >= 0.3 is 6.01 Å². The van der Waals surface area contributed by atoms with Crippen LogP contribution in [0.4, 0.5) is 11.8 Å². The van der Waals surface area contributed by atoms with Crippen LogP contribution in [0.2, 0.25) is 0 Å². The summed E-state index contributed by atoms with van der Waals surface area (Å²) in [7, 11) is 2.01. The van der Waals surface area contributed by atoms with Crippen LogP contribution in [0.1, 0.15) is 29.7 Å². The zero-order valence-electron chi connectivity index (χ0n) is 23.5. The van der Waals surface area contributed by atoms with Gasteiger partial charge in [0.1, 0.15) is 23.3 Å². The predicted molar refractivity (Wildman–Crippen MR) is 162 cm³/mol. The van der Waals surface area contributed by atoms with Crippen LogP contribution >= 0.6 is 0 Å². The SMILES string of the molecule is CCN(C)CC=CC(=O)N1CC[C@@H](n2cc(C(=O)Nc3nc4cc(-c5ccccc5)ccc4o3)c3c(N)ncnc32)C1. The van der Waals surface area contributed by atoms with Gasteiger partial charge in [-0.25, -0.2) is 9.97 Å². The highest BCUT2D eigenvalue weighted by atomic mass is 16.4. The van der Waals surface area contributed by atoms with Gasteiger partial charge < -0.3 is 24.5 Å². The minimum Gasteiger partial charge on any atom is -0.423 e. The Morgan fingerprint density at radius 3 is 2.81 bits per heavy atom. The number of carbonyl (C=O) groups excluding carboxylic acids is 2. The number of likely N-dealkylation sites (N-methyl/N-ethyl adjacent to an activating group) is 1. The molecule has 1 atom stereocenters. The lowest BCUT2D eigenvalue weighted by Crippen LogP contribution is -2.27. The van der Waals surface area contributed by atoms with E-state index in [4.69, 9.17) is 10.2 Å². The first-order chi connectivity index (χ1) is 20.4. The number of nitrogen functional groups attached to an aromatic ring is 1. The van der Waals surface area contributed by atoms with Crippen LogP contribution in [0, 0.1) is 0 Å². The zero-order chi connectivity index (χ0) is 29.2. The second kappa shape index (κ2) is 11.5. The number of carbonyl (C=O) groups is 2. The molecule has 1 saturated heterocycles. The smallest absolute Gasteiger partial charge is 0.302 e. The van der Waals surface area contributed by atoms with Crippen molar-refractivity contribution in [2.24, 2.45) is 0 Å². The van der Waals surface area contributed by atoms with Gasteiger partial charge in [0, 0.05) is 31.9 Å². The number of likely N-dealkylation sites (tertiary alicyclic amines) is 1. The molecule has 11 heteroatoms. The standard InChI is InChI=1S/C31H32N8O3/c1-3-37(2)14-7-10-26(40)38-15-13-22(17-38)39-18-23(27-28(32)33-19-34-29(27)39)30(41)36-31-35-24-16-21(11-12-25(24)42-31)20-8-5-4-6-9-20/h4-12,16,18-19,22H,3,13-15,17H2,1-2H3,(H2,32,33,34)(H,35,36,41)/t22-/m1/s1. The summed E-state index contributed by atoms with van der Waals surface area (Å²) in [6, 6.07) is 15.7. The molecule has 1 aliphatic heterocycles. The van der Waals surface area contributed by atoms with Crippen LogP contribution in [-0.4, -0.2) is 74.4 Å². The lowest BCUT2D eigenvalue weighted by molar-refractivity contribution is -0.125. The highest BCUT2D eigenvalue weighted by Crippen LogP contribution is 2.32. The number of oxazole rings is 1. The summed E-state index contributed by atoms with van der Waals surface area (Å²) < 4.78 is 7.75. The molecule has 0 unspecified atom stereocenters. The molecule has 2 aromatic carbocycles. The van der Waals surface area contributed by atoms with Gasteiger partial charge in [0.15, 0.2) is 5.58 Å². The first-order valence-corrected chi connectivity index (χ1v) is 13.9. The number of hydrogen-bond donors (Lipinski definition) is 2. The van der Waals surface area contributed by atoms with Crippen molar-refractivity contribution in [1.29, 1.82) is 0 Å². The molecule has 3 N–H and O–H groups in total. The molecule has 0 spiro atoms. The van der Waals surface area contributed by atoms with Crippen LogP contribution in [-0.2, 0) is 4.79 Å². The number of anilines is 2. The lowest BCUT2D eigenvalue weighted by Gasteiger charge is -2.16. The molecule has 5 aromatic rings. The Bertz CT molecular complexity index is 1790. The summed E-state index contributed by atoms with van der Waals surface area (Å²) in [6.07, 6.45) is 7.34. The number of rotatable bonds is 8. The lowest BCUT2D eigenvalue weighted by atomic mass is 10.1. The number of nitrogens with two attached hydrogens (primary N) is 1. The molecule has 6 rings (SSSR count). The fourth-order valence-electron chi connectivity index (χ4n) is 5.25. The summed E-state index contributed by atoms with van der Waals surface area (Å²) in [6.45, 7) is 4.80. The van der Waals surface area contributed by atoms with Crippen molar-refractivity contribution in [1.82, 2.24) is 29.3 Å². The van der Waals surface area contributed by atoms with E-state index in [2.05, 4.69) is 32.1 Å². The summed E-state index contributed by atoms with van der Waals surface area (Å²) in [5.41, 5.74) is 10.3. The van der Waals surface area contributed by atoms with Crippen molar-refractivity contribution in [2.75, 3.05) is 44.3 Å². The van der Waals surface area contributed by atoms with Crippen LogP contribution in [0.25, 0.3) is 33.3 Å². The molecule has 3 aromatic heterocycles. The van der Waals surface area contributed by atoms with E-state index in [1.807, 2.05) is 71.1 Å². The van der Waals surface area contributed by atoms with Crippen molar-refractivity contribution in [3.63, 3.8) is 0 Å². The van der Waals surface area contributed by atoms with E-state index in [0.29, 0.717) is 47.3 Å². The van der Waals surface area contributed by atoms with Gasteiger partial charge in [-0.1, -0.05) is 49.4 Å². The molecular weight excluding hydrogens is 532 g/mol. The van der Waals surface area contributed by atoms with Crippen LogP contribution in [0.3, 0.4) is 0 Å². The highest BCUT2D eigenvalue weighted by molar-refractivity contribution is 6.14. The molecule has 0 bridgehead atoms. The van der Waals surface area contributed by atoms with Crippen LogP contribution < -0.4 is 11.1 Å². The zero-order valence-corrected chi connectivity index (χ0v) is 23.5. The van der Waals surface area contributed by atoms with E-state index in [-0.39, 0.29) is 23.8 Å². The molecule has 2 amide bonds. The number of fused-ring (bicyclic) bond motifs is 2. The van der Waals surface area contributed by atoms with E-state index in [1.54, 1.807) is 12.3 Å². The van der Waals surface area contributed by atoms with Gasteiger partial charge in [-0.05, 0) is 43.3 Å². The number of nitrogens with one attached hydrogen (secondary N) is 1. The second-order valence-corrected chi connectivity index (χ2v) is 10.4. The summed E-state index contributed by atoms with van der Waals surface area (Å²) in [5.74, 6) is -0.274. The van der Waals surface area contributed by atoms with Gasteiger partial charge in [-0.2, -0.15) is 4.98 Å². The molecule has 1 aliphatic rings. The predicted octanol–water partition coefficient (Wildman–Crippen LogP) is 4.36. The second-order valence-electron chi connectivity index (χ2n) is 10.4. The van der Waals surface area contributed by atoms with E-state index in [9.17, 15) is 9.59 Å². The van der Waals surface area contributed by atoms with Gasteiger partial charge in [0.25, 0.3) is 5.91 Å². The van der Waals surface area contributed by atoms with Crippen molar-refractivity contribution >= 4 is 45.8 Å². The molecule has 0 radical (unpaired) electrons. The largest absolute Gasteiger partial charge is 0.423 e. The molecular formula is C31H32N8O3. The number of aromatic nitrogens is 4. The van der Waals surface area contributed by atoms with Crippen LogP contribution in [0.5, 0.6) is 0 Å². The Labute approximate surface area is 242 Å². The van der Waals surface area contributed by atoms with Gasteiger partial charge in [0.2, 0.25) is 5.91 Å². The minimum atomic E-state index is -0.441. The number of benzene rings is 2. The highest BCUT2D eigenvalue weighted by Gasteiger charge is 2.30. The van der Waals surface area contributed by atoms with Crippen LogP contribution in [0.15, 0.2) is 77.6 Å². The van der Waals surface area contributed by atoms with Gasteiger partial charge in [-0.3, -0.25) is 14.9 Å². The van der Waals surface area contributed by atoms with E-state index in [1.165, 1.54) is 6.33 Å². The average molecular weight is 565 g/mol. The fraction of sp³-hybridized carbons (Fsp3) is 0.258. The Kier molecular flexibility index (Phi) is 7.41. The molecule has 4 heterocycles. The molecule has 42 heavy (non-hydrogen) atoms. The van der Waals surface area contributed by atoms with E-state index in [0.717, 1.165) is 24.1 Å². The number of nitrogens with zero attached hydrogens (tertiary/aromatic N) is 6. The minimum absolute atomic E-state index is 0.0306. The first-order valence-electron chi connectivity index (χ1n) is 13.9. The van der Waals surface area contributed by atoms with Gasteiger partial charge in [0.05, 0.1) is 17.0 Å². The molecule has 0 aliphatic carbocycles. The summed E-state index contributed by atoms with van der Waals surface area (Å²) in [5, 5.41) is 3.22. The Hall–Kier alpha value is -5.03. The van der Waals surface area contributed by atoms with Crippen molar-refractivity contribution in [3.8, 4) is 11.1 Å². The van der Waals surface area contributed by atoms with Crippen molar-refractivity contribution < 1.29 is 14.0 Å². The Morgan fingerprint density at radius 2 is 2.00 bits per heavy atom. The molecule has 11 nitrogen and oxygen atoms in total. The monoisotopic (exact) mass is 564 g/mol. The van der Waals surface area contributed by atoms with E-state index < -0.39 is 5.91 Å². The third-order valence-electron chi connectivity index (χ3n) is 7.68. The maximum atomic E-state index is 13.5. The average Bonchev–Trinajstić information content (AvgIpc) is 3.74. The molecule has 0 saturated carbocycles. The van der Waals surface area contributed by atoms with Gasteiger partial charge in [-0.15, -0.1) is 0 Å². The number of hydrogen-bond acceptors (Lipinski definition) is 8. The van der Waals surface area contributed by atoms with Crippen molar-refractivity contribution in [2.45, 2.75) is 19.4 Å². The maximum Gasteiger partial charge on any atom is 0.302 e. The fourth-order valence-corrected chi connectivity index (χ4v) is 5.25. The maximum absolute atomic E-state index is 13.5. The Morgan fingerprint density at radius 1 is 1.17 bits per heavy atom. The molecule has 214 valence electrons.